The fourth-order valence-corrected chi connectivity index (χ4v) is 2.31. The van der Waals surface area contributed by atoms with Gasteiger partial charge in [-0.15, -0.1) is 0 Å². The minimum absolute atomic E-state index is 0.0385. The molecular weight excluding hydrogens is 280 g/mol. The van der Waals surface area contributed by atoms with E-state index in [-0.39, 0.29) is 24.0 Å². The number of carbonyl (C=O) groups is 1. The van der Waals surface area contributed by atoms with E-state index in [1.165, 1.54) is 6.39 Å². The van der Waals surface area contributed by atoms with Crippen LogP contribution in [0.5, 0.6) is 0 Å². The third kappa shape index (κ3) is 4.43. The highest BCUT2D eigenvalue weighted by molar-refractivity contribution is 5.94. The van der Waals surface area contributed by atoms with Gasteiger partial charge in [-0.25, -0.2) is 4.98 Å². The van der Waals surface area contributed by atoms with E-state index in [9.17, 15) is 9.90 Å². The summed E-state index contributed by atoms with van der Waals surface area (Å²) in [5.74, 6) is 0.473. The van der Waals surface area contributed by atoms with Crippen molar-refractivity contribution in [1.82, 2.24) is 10.3 Å². The lowest BCUT2D eigenvalue weighted by Gasteiger charge is -2.25. The Morgan fingerprint density at radius 1 is 1.32 bits per heavy atom. The fraction of sp³-hybridized carbons (Fsp3) is 0.412. The van der Waals surface area contributed by atoms with Crippen LogP contribution >= 0.6 is 0 Å². The first kappa shape index (κ1) is 16.2. The van der Waals surface area contributed by atoms with Crippen LogP contribution < -0.4 is 5.32 Å². The topological polar surface area (TPSA) is 75.4 Å². The van der Waals surface area contributed by atoms with Crippen molar-refractivity contribution in [2.24, 2.45) is 5.41 Å². The molecule has 0 fully saturated rings. The molecule has 0 aliphatic rings. The number of rotatable bonds is 5. The summed E-state index contributed by atoms with van der Waals surface area (Å²) in [6.45, 7) is 6.16. The van der Waals surface area contributed by atoms with Gasteiger partial charge in [0.05, 0.1) is 18.8 Å². The smallest absolute Gasteiger partial charge is 0.251 e. The van der Waals surface area contributed by atoms with Crippen LogP contribution in [0.1, 0.15) is 37.6 Å². The Morgan fingerprint density at radius 3 is 2.50 bits per heavy atom. The molecule has 1 aromatic carbocycles. The number of nitrogens with zero attached hydrogens (tertiary/aromatic N) is 1. The van der Waals surface area contributed by atoms with E-state index in [0.29, 0.717) is 17.7 Å². The summed E-state index contributed by atoms with van der Waals surface area (Å²) in [5.41, 5.74) is 1.45. The van der Waals surface area contributed by atoms with Crippen molar-refractivity contribution in [3.8, 4) is 11.3 Å². The van der Waals surface area contributed by atoms with Crippen LogP contribution in [-0.2, 0) is 0 Å². The minimum atomic E-state index is -0.249. The molecule has 2 aromatic rings. The predicted molar refractivity (Wildman–Crippen MR) is 84.4 cm³/mol. The molecule has 22 heavy (non-hydrogen) atoms. The van der Waals surface area contributed by atoms with Crippen molar-refractivity contribution in [1.29, 1.82) is 0 Å². The zero-order valence-electron chi connectivity index (χ0n) is 13.2. The summed E-state index contributed by atoms with van der Waals surface area (Å²) in [6.07, 6.45) is 3.71. The highest BCUT2D eigenvalue weighted by Gasteiger charge is 2.20. The molecule has 0 aliphatic heterocycles. The highest BCUT2D eigenvalue weighted by Crippen LogP contribution is 2.21. The third-order valence-corrected chi connectivity index (χ3v) is 3.28. The number of carbonyl (C=O) groups excluding carboxylic acids is 1. The molecule has 1 atom stereocenters. The normalized spacial score (nSPS) is 12.9. The molecule has 0 radical (unpaired) electrons. The number of hydrogen-bond donors (Lipinski definition) is 2. The average molecular weight is 302 g/mol. The Morgan fingerprint density at radius 2 is 2.00 bits per heavy atom. The maximum atomic E-state index is 12.2. The summed E-state index contributed by atoms with van der Waals surface area (Å²) in [5, 5.41) is 12.3. The molecule has 0 aliphatic carbocycles. The standard InChI is InChI=1S/C17H22N2O3/c1-17(2,3)8-14(10-20)19-16(21)13-6-4-12(5-7-13)15-9-18-11-22-15/h4-7,9,11,14,20H,8,10H2,1-3H3,(H,19,21). The second-order valence-electron chi connectivity index (χ2n) is 6.56. The molecule has 5 heteroatoms. The second-order valence-corrected chi connectivity index (χ2v) is 6.56. The number of hydrogen-bond acceptors (Lipinski definition) is 4. The van der Waals surface area contributed by atoms with Crippen LogP contribution in [-0.4, -0.2) is 28.6 Å². The molecule has 0 spiro atoms. The SMILES string of the molecule is CC(C)(C)CC(CO)NC(=O)c1ccc(-c2cnco2)cc1. The summed E-state index contributed by atoms with van der Waals surface area (Å²) in [6, 6.07) is 6.85. The first-order valence-electron chi connectivity index (χ1n) is 7.30. The zero-order chi connectivity index (χ0) is 16.2. The Hall–Kier alpha value is -2.14. The number of amides is 1. The quantitative estimate of drug-likeness (QED) is 0.890. The number of aromatic nitrogens is 1. The molecule has 0 saturated heterocycles. The van der Waals surface area contributed by atoms with Gasteiger partial charge in [0.25, 0.3) is 5.91 Å². The maximum Gasteiger partial charge on any atom is 0.251 e. The molecule has 0 bridgehead atoms. The van der Waals surface area contributed by atoms with Gasteiger partial charge in [-0.2, -0.15) is 0 Å². The molecule has 1 aromatic heterocycles. The van der Waals surface area contributed by atoms with Gasteiger partial charge in [0.2, 0.25) is 0 Å². The summed E-state index contributed by atoms with van der Waals surface area (Å²) >= 11 is 0. The minimum Gasteiger partial charge on any atom is -0.444 e. The summed E-state index contributed by atoms with van der Waals surface area (Å²) < 4.78 is 5.21. The summed E-state index contributed by atoms with van der Waals surface area (Å²) in [4.78, 5) is 16.1. The van der Waals surface area contributed by atoms with Gasteiger partial charge in [0.1, 0.15) is 0 Å². The van der Waals surface area contributed by atoms with Crippen LogP contribution in [0.15, 0.2) is 41.3 Å². The lowest BCUT2D eigenvalue weighted by Crippen LogP contribution is -2.40. The predicted octanol–water partition coefficient (Wildman–Crippen LogP) is 2.87. The molecular formula is C17H22N2O3. The van der Waals surface area contributed by atoms with Crippen molar-refractivity contribution in [3.63, 3.8) is 0 Å². The van der Waals surface area contributed by atoms with Crippen LogP contribution in [0, 0.1) is 5.41 Å². The van der Waals surface area contributed by atoms with E-state index in [1.807, 2.05) is 12.1 Å². The van der Waals surface area contributed by atoms with Crippen molar-refractivity contribution in [2.45, 2.75) is 33.2 Å². The molecule has 1 unspecified atom stereocenters. The molecule has 2 N–H and O–H groups in total. The number of benzene rings is 1. The lowest BCUT2D eigenvalue weighted by molar-refractivity contribution is 0.0897. The number of oxazole rings is 1. The average Bonchev–Trinajstić information content (AvgIpc) is 2.99. The Kier molecular flexibility index (Phi) is 4.98. The van der Waals surface area contributed by atoms with Crippen molar-refractivity contribution >= 4 is 5.91 Å². The van der Waals surface area contributed by atoms with Gasteiger partial charge in [-0.1, -0.05) is 32.9 Å². The van der Waals surface area contributed by atoms with E-state index < -0.39 is 0 Å². The van der Waals surface area contributed by atoms with Gasteiger partial charge in [-0.3, -0.25) is 4.79 Å². The van der Waals surface area contributed by atoms with Crippen LogP contribution in [0.4, 0.5) is 0 Å². The maximum absolute atomic E-state index is 12.2. The number of nitrogens with one attached hydrogen (secondary N) is 1. The fourth-order valence-electron chi connectivity index (χ4n) is 2.31. The van der Waals surface area contributed by atoms with Gasteiger partial charge < -0.3 is 14.8 Å². The van der Waals surface area contributed by atoms with E-state index in [1.54, 1.807) is 18.3 Å². The van der Waals surface area contributed by atoms with E-state index in [0.717, 1.165) is 5.56 Å². The van der Waals surface area contributed by atoms with Crippen molar-refractivity contribution < 1.29 is 14.3 Å². The highest BCUT2D eigenvalue weighted by atomic mass is 16.3. The van der Waals surface area contributed by atoms with Gasteiger partial charge in [0, 0.05) is 11.1 Å². The van der Waals surface area contributed by atoms with Crippen molar-refractivity contribution in [3.05, 3.63) is 42.4 Å². The van der Waals surface area contributed by atoms with E-state index in [2.05, 4.69) is 31.1 Å². The van der Waals surface area contributed by atoms with Crippen LogP contribution in [0.2, 0.25) is 0 Å². The molecule has 5 nitrogen and oxygen atoms in total. The molecule has 2 rings (SSSR count). The van der Waals surface area contributed by atoms with Crippen molar-refractivity contribution in [2.75, 3.05) is 6.61 Å². The Labute approximate surface area is 130 Å². The second kappa shape index (κ2) is 6.75. The number of aliphatic hydroxyl groups excluding tert-OH is 1. The molecule has 0 saturated carbocycles. The van der Waals surface area contributed by atoms with Gasteiger partial charge in [-0.05, 0) is 24.0 Å². The Balaban J connectivity index is 2.03. The molecule has 118 valence electrons. The van der Waals surface area contributed by atoms with Crippen LogP contribution in [0.25, 0.3) is 11.3 Å². The van der Waals surface area contributed by atoms with Gasteiger partial charge in [0.15, 0.2) is 12.2 Å². The molecule has 1 heterocycles. The van der Waals surface area contributed by atoms with Gasteiger partial charge >= 0.3 is 0 Å². The van der Waals surface area contributed by atoms with Crippen LogP contribution in [0.3, 0.4) is 0 Å². The number of aliphatic hydroxyl groups is 1. The first-order chi connectivity index (χ1) is 10.4. The van der Waals surface area contributed by atoms with E-state index >= 15 is 0 Å². The third-order valence-electron chi connectivity index (χ3n) is 3.28. The molecule has 1 amide bonds. The van der Waals surface area contributed by atoms with E-state index in [4.69, 9.17) is 4.42 Å². The first-order valence-corrected chi connectivity index (χ1v) is 7.30. The Bertz CT molecular complexity index is 598. The monoisotopic (exact) mass is 302 g/mol. The summed E-state index contributed by atoms with van der Waals surface area (Å²) in [7, 11) is 0. The largest absolute Gasteiger partial charge is 0.444 e. The lowest BCUT2D eigenvalue weighted by atomic mass is 9.88. The zero-order valence-corrected chi connectivity index (χ0v) is 13.2.